The first kappa shape index (κ1) is 15.7. The first-order valence-electron chi connectivity index (χ1n) is 7.41. The zero-order chi connectivity index (χ0) is 17.1. The van der Waals surface area contributed by atoms with Gasteiger partial charge in [0.2, 0.25) is 0 Å². The lowest BCUT2D eigenvalue weighted by Crippen LogP contribution is -2.49. The summed E-state index contributed by atoms with van der Waals surface area (Å²) in [5.41, 5.74) is 6.39. The number of nitrogens with zero attached hydrogens (tertiary/aromatic N) is 5. The van der Waals surface area contributed by atoms with E-state index in [-0.39, 0.29) is 23.0 Å². The molecule has 7 nitrogen and oxygen atoms in total. The Morgan fingerprint density at radius 3 is 2.58 bits per heavy atom. The summed E-state index contributed by atoms with van der Waals surface area (Å²) in [6.07, 6.45) is 2.85. The predicted molar refractivity (Wildman–Crippen MR) is 85.7 cm³/mol. The molecular formula is C16H15FN6O. The summed E-state index contributed by atoms with van der Waals surface area (Å²) in [5.74, 6) is -0.720. The molecule has 1 amide bonds. The molecule has 2 heterocycles. The molecule has 0 atom stereocenters. The second-order valence-electron chi connectivity index (χ2n) is 5.32. The number of carbonyl (C=O) groups is 1. The van der Waals surface area contributed by atoms with E-state index in [0.29, 0.717) is 31.9 Å². The number of rotatable bonds is 2. The number of hydrogen-bond acceptors (Lipinski definition) is 6. The number of carbonyl (C=O) groups excluding carboxylic acids is 1. The number of hydrogen-bond donors (Lipinski definition) is 1. The molecule has 2 N–H and O–H groups in total. The van der Waals surface area contributed by atoms with Crippen molar-refractivity contribution in [2.24, 2.45) is 0 Å². The van der Waals surface area contributed by atoms with Crippen LogP contribution in [0.1, 0.15) is 16.1 Å². The van der Waals surface area contributed by atoms with Crippen LogP contribution in [0.25, 0.3) is 0 Å². The van der Waals surface area contributed by atoms with E-state index in [1.54, 1.807) is 17.0 Å². The number of nitrogen functional groups attached to an aromatic ring is 1. The van der Waals surface area contributed by atoms with Crippen LogP contribution < -0.4 is 10.6 Å². The summed E-state index contributed by atoms with van der Waals surface area (Å²) in [6, 6.07) is 6.44. The highest BCUT2D eigenvalue weighted by Crippen LogP contribution is 2.24. The van der Waals surface area contributed by atoms with Gasteiger partial charge < -0.3 is 15.5 Å². The van der Waals surface area contributed by atoms with Crippen molar-refractivity contribution in [2.45, 2.75) is 0 Å². The standard InChI is InChI=1S/C16H15FN6O/c17-12-2-1-3-13(11(12)10-18)22-6-8-23(9-7-22)16(24)14-15(19)21-5-4-20-14/h1-5H,6-9H2,(H2,19,21). The molecule has 0 aliphatic carbocycles. The third-order valence-corrected chi connectivity index (χ3v) is 3.94. The Morgan fingerprint density at radius 1 is 1.21 bits per heavy atom. The van der Waals surface area contributed by atoms with Crippen LogP contribution >= 0.6 is 0 Å². The lowest BCUT2D eigenvalue weighted by atomic mass is 10.1. The molecule has 0 unspecified atom stereocenters. The lowest BCUT2D eigenvalue weighted by molar-refractivity contribution is 0.0741. The Balaban J connectivity index is 1.73. The first-order chi connectivity index (χ1) is 11.6. The van der Waals surface area contributed by atoms with Crippen molar-refractivity contribution in [2.75, 3.05) is 36.8 Å². The normalized spacial score (nSPS) is 14.3. The highest BCUT2D eigenvalue weighted by atomic mass is 19.1. The average molecular weight is 326 g/mol. The Kier molecular flexibility index (Phi) is 4.24. The van der Waals surface area contributed by atoms with Gasteiger partial charge in [-0.2, -0.15) is 5.26 Å². The molecule has 1 fully saturated rings. The molecule has 8 heteroatoms. The summed E-state index contributed by atoms with van der Waals surface area (Å²) in [6.45, 7) is 1.83. The van der Waals surface area contributed by atoms with Crippen molar-refractivity contribution < 1.29 is 9.18 Å². The van der Waals surface area contributed by atoms with Crippen LogP contribution in [0.4, 0.5) is 15.9 Å². The molecule has 1 aliphatic rings. The minimum Gasteiger partial charge on any atom is -0.382 e. The van der Waals surface area contributed by atoms with E-state index in [1.165, 1.54) is 18.5 Å². The van der Waals surface area contributed by atoms with Crippen molar-refractivity contribution in [3.05, 3.63) is 47.7 Å². The number of nitriles is 1. The van der Waals surface area contributed by atoms with Crippen molar-refractivity contribution >= 4 is 17.4 Å². The van der Waals surface area contributed by atoms with E-state index in [0.717, 1.165) is 0 Å². The van der Waals surface area contributed by atoms with Gasteiger partial charge in [-0.25, -0.2) is 14.4 Å². The Hall–Kier alpha value is -3.21. The first-order valence-corrected chi connectivity index (χ1v) is 7.41. The largest absolute Gasteiger partial charge is 0.382 e. The van der Waals surface area contributed by atoms with Crippen LogP contribution in [0.5, 0.6) is 0 Å². The Bertz CT molecular complexity index is 810. The van der Waals surface area contributed by atoms with Crippen LogP contribution in [0, 0.1) is 17.1 Å². The van der Waals surface area contributed by atoms with Gasteiger partial charge in [0.05, 0.1) is 5.69 Å². The van der Waals surface area contributed by atoms with E-state index in [9.17, 15) is 9.18 Å². The Labute approximate surface area is 138 Å². The van der Waals surface area contributed by atoms with Crippen LogP contribution in [0.3, 0.4) is 0 Å². The van der Waals surface area contributed by atoms with E-state index < -0.39 is 5.82 Å². The second kappa shape index (κ2) is 6.50. The minimum atomic E-state index is -0.541. The zero-order valence-electron chi connectivity index (χ0n) is 12.8. The summed E-state index contributed by atoms with van der Waals surface area (Å²) >= 11 is 0. The van der Waals surface area contributed by atoms with Gasteiger partial charge in [0, 0.05) is 38.6 Å². The van der Waals surface area contributed by atoms with Gasteiger partial charge in [-0.1, -0.05) is 6.07 Å². The van der Waals surface area contributed by atoms with E-state index in [4.69, 9.17) is 11.0 Å². The van der Waals surface area contributed by atoms with Crippen LogP contribution in [-0.4, -0.2) is 47.0 Å². The highest BCUT2D eigenvalue weighted by Gasteiger charge is 2.26. The SMILES string of the molecule is N#Cc1c(F)cccc1N1CCN(C(=O)c2nccnc2N)CC1. The van der Waals surface area contributed by atoms with Gasteiger partial charge in [0.1, 0.15) is 17.4 Å². The number of nitrogens with two attached hydrogens (primary N) is 1. The van der Waals surface area contributed by atoms with Gasteiger partial charge in [0.25, 0.3) is 5.91 Å². The highest BCUT2D eigenvalue weighted by molar-refractivity contribution is 5.96. The fraction of sp³-hybridized carbons (Fsp3) is 0.250. The maximum absolute atomic E-state index is 13.7. The molecule has 0 saturated carbocycles. The fourth-order valence-corrected chi connectivity index (χ4v) is 2.70. The van der Waals surface area contributed by atoms with Crippen LogP contribution in [-0.2, 0) is 0 Å². The van der Waals surface area contributed by atoms with Crippen molar-refractivity contribution in [1.82, 2.24) is 14.9 Å². The molecule has 1 saturated heterocycles. The molecule has 0 bridgehead atoms. The smallest absolute Gasteiger partial charge is 0.276 e. The molecule has 24 heavy (non-hydrogen) atoms. The Morgan fingerprint density at radius 2 is 1.92 bits per heavy atom. The molecule has 0 spiro atoms. The van der Waals surface area contributed by atoms with Gasteiger partial charge in [-0.3, -0.25) is 4.79 Å². The molecule has 1 aliphatic heterocycles. The molecule has 1 aromatic heterocycles. The number of benzene rings is 1. The van der Waals surface area contributed by atoms with Crippen molar-refractivity contribution in [3.63, 3.8) is 0 Å². The van der Waals surface area contributed by atoms with Crippen LogP contribution in [0.2, 0.25) is 0 Å². The molecule has 0 radical (unpaired) electrons. The van der Waals surface area contributed by atoms with E-state index in [2.05, 4.69) is 9.97 Å². The summed E-state index contributed by atoms with van der Waals surface area (Å²) < 4.78 is 13.7. The van der Waals surface area contributed by atoms with Gasteiger partial charge in [0.15, 0.2) is 11.5 Å². The molecule has 1 aromatic carbocycles. The van der Waals surface area contributed by atoms with Gasteiger partial charge in [-0.05, 0) is 12.1 Å². The summed E-state index contributed by atoms with van der Waals surface area (Å²) in [5, 5.41) is 9.14. The topological polar surface area (TPSA) is 99.1 Å². The maximum atomic E-state index is 13.7. The van der Waals surface area contributed by atoms with Crippen LogP contribution in [0.15, 0.2) is 30.6 Å². The second-order valence-corrected chi connectivity index (χ2v) is 5.32. The predicted octanol–water partition coefficient (Wildman–Crippen LogP) is 1.03. The number of amides is 1. The third-order valence-electron chi connectivity index (χ3n) is 3.94. The number of halogens is 1. The van der Waals surface area contributed by atoms with E-state index in [1.807, 2.05) is 11.0 Å². The molecule has 3 rings (SSSR count). The average Bonchev–Trinajstić information content (AvgIpc) is 2.61. The zero-order valence-corrected chi connectivity index (χ0v) is 12.8. The molecule has 2 aromatic rings. The quantitative estimate of drug-likeness (QED) is 0.885. The van der Waals surface area contributed by atoms with Gasteiger partial charge in [-0.15, -0.1) is 0 Å². The van der Waals surface area contributed by atoms with Crippen molar-refractivity contribution in [3.8, 4) is 6.07 Å². The minimum absolute atomic E-state index is 0.0236. The maximum Gasteiger partial charge on any atom is 0.276 e. The molecule has 122 valence electrons. The van der Waals surface area contributed by atoms with Gasteiger partial charge >= 0.3 is 0 Å². The number of piperazine rings is 1. The van der Waals surface area contributed by atoms with Crippen molar-refractivity contribution in [1.29, 1.82) is 5.26 Å². The number of aromatic nitrogens is 2. The third kappa shape index (κ3) is 2.84. The fourth-order valence-electron chi connectivity index (χ4n) is 2.70. The summed E-state index contributed by atoms with van der Waals surface area (Å²) in [7, 11) is 0. The van der Waals surface area contributed by atoms with E-state index >= 15 is 0 Å². The monoisotopic (exact) mass is 326 g/mol. The summed E-state index contributed by atoms with van der Waals surface area (Å²) in [4.78, 5) is 23.8. The lowest BCUT2D eigenvalue weighted by Gasteiger charge is -2.36. The number of anilines is 2. The molecular weight excluding hydrogens is 311 g/mol.